The van der Waals surface area contributed by atoms with Crippen molar-refractivity contribution in [1.82, 2.24) is 19.6 Å². The van der Waals surface area contributed by atoms with E-state index in [2.05, 4.69) is 54.2 Å². The maximum Gasteiger partial charge on any atom is 0.305 e. The molecule has 1 heterocycles. The smallest absolute Gasteiger partial charge is 0.305 e. The Morgan fingerprint density at radius 1 is 0.385 bits per heavy atom. The molecule has 0 aromatic carbocycles. The maximum absolute atomic E-state index is 13.7. The topological polar surface area (TPSA) is 56.3 Å². The normalized spacial score (nSPS) is 13.6. The highest BCUT2D eigenvalue weighted by atomic mass is 16.5. The fraction of sp³-hybridized carbons (Fsp3) is 0.966. The van der Waals surface area contributed by atoms with Gasteiger partial charge in [-0.1, -0.05) is 202 Å². The van der Waals surface area contributed by atoms with Gasteiger partial charge in [0.1, 0.15) is 0 Å². The lowest BCUT2D eigenvalue weighted by molar-refractivity contribution is -0.144. The Morgan fingerprint density at radius 3 is 1.15 bits per heavy atom. The molecule has 0 saturated carbocycles. The molecule has 386 valence electrons. The predicted octanol–water partition coefficient (Wildman–Crippen LogP) is 15.8. The average molecular weight is 918 g/mol. The molecule has 1 fully saturated rings. The van der Waals surface area contributed by atoms with Gasteiger partial charge in [-0.2, -0.15) is 0 Å². The first-order chi connectivity index (χ1) is 32.0. The highest BCUT2D eigenvalue weighted by Gasteiger charge is 2.23. The Balaban J connectivity index is 2.65. The zero-order chi connectivity index (χ0) is 47.1. The van der Waals surface area contributed by atoms with Crippen LogP contribution in [-0.2, 0) is 14.3 Å². The number of amides is 1. The molecule has 0 unspecified atom stereocenters. The number of piperidine rings is 1. The van der Waals surface area contributed by atoms with E-state index >= 15 is 0 Å². The van der Waals surface area contributed by atoms with Crippen LogP contribution in [0.1, 0.15) is 279 Å². The molecule has 0 bridgehead atoms. The first-order valence-electron chi connectivity index (χ1n) is 29.6. The van der Waals surface area contributed by atoms with Crippen LogP contribution in [0.5, 0.6) is 0 Å². The third kappa shape index (κ3) is 39.4. The Labute approximate surface area is 407 Å². The maximum atomic E-state index is 13.7. The molecule has 1 aliphatic heterocycles. The monoisotopic (exact) mass is 917 g/mol. The highest BCUT2D eigenvalue weighted by molar-refractivity contribution is 5.76. The van der Waals surface area contributed by atoms with E-state index in [0.29, 0.717) is 25.4 Å². The molecule has 0 N–H and O–H groups in total. The van der Waals surface area contributed by atoms with Crippen molar-refractivity contribution in [2.24, 2.45) is 5.92 Å². The van der Waals surface area contributed by atoms with Gasteiger partial charge in [0.2, 0.25) is 5.91 Å². The molecular formula is C58H116N4O3. The third-order valence-corrected chi connectivity index (χ3v) is 14.6. The summed E-state index contributed by atoms with van der Waals surface area (Å²) in [5.74, 6) is 1.10. The molecule has 7 nitrogen and oxygen atoms in total. The second kappa shape index (κ2) is 47.9. The summed E-state index contributed by atoms with van der Waals surface area (Å²) in [6.45, 7) is 24.0. The van der Waals surface area contributed by atoms with Crippen LogP contribution in [0.15, 0.2) is 0 Å². The Kier molecular flexibility index (Phi) is 45.5. The van der Waals surface area contributed by atoms with Gasteiger partial charge in [0, 0.05) is 52.1 Å². The number of esters is 1. The molecule has 0 aromatic heterocycles. The minimum absolute atomic E-state index is 0.0206. The van der Waals surface area contributed by atoms with Gasteiger partial charge in [0.25, 0.3) is 0 Å². The predicted molar refractivity (Wildman–Crippen MR) is 284 cm³/mol. The van der Waals surface area contributed by atoms with Crippen LogP contribution < -0.4 is 0 Å². The van der Waals surface area contributed by atoms with Gasteiger partial charge in [-0.05, 0) is 103 Å². The number of ether oxygens (including phenoxy) is 1. The van der Waals surface area contributed by atoms with Gasteiger partial charge < -0.3 is 24.3 Å². The van der Waals surface area contributed by atoms with Gasteiger partial charge in [0.05, 0.1) is 6.61 Å². The van der Waals surface area contributed by atoms with Gasteiger partial charge in [-0.3, -0.25) is 9.59 Å². The Morgan fingerprint density at radius 2 is 0.723 bits per heavy atom. The van der Waals surface area contributed by atoms with Crippen molar-refractivity contribution >= 4 is 11.9 Å². The van der Waals surface area contributed by atoms with Crippen LogP contribution in [0.3, 0.4) is 0 Å². The van der Waals surface area contributed by atoms with E-state index in [4.69, 9.17) is 4.74 Å². The molecule has 1 amide bonds. The van der Waals surface area contributed by atoms with Gasteiger partial charge in [-0.25, -0.2) is 0 Å². The lowest BCUT2D eigenvalue weighted by Gasteiger charge is -2.33. The summed E-state index contributed by atoms with van der Waals surface area (Å²) in [6, 6.07) is 0. The van der Waals surface area contributed by atoms with Gasteiger partial charge in [-0.15, -0.1) is 0 Å². The minimum Gasteiger partial charge on any atom is -0.466 e. The number of nitrogens with zero attached hydrogens (tertiary/aromatic N) is 4. The SMILES string of the molecule is CCCCCCCCCN(CCCOC(=O)CCCCC)CCCC1CCN(C(=O)CCN(CCCCCCCCC)CCN(CCCCCCCCC)CCCCCCCCC)CC1. The third-order valence-electron chi connectivity index (χ3n) is 14.6. The quantitative estimate of drug-likeness (QED) is 0.0448. The number of rotatable bonds is 50. The van der Waals surface area contributed by atoms with E-state index < -0.39 is 0 Å². The van der Waals surface area contributed by atoms with Crippen molar-refractivity contribution in [1.29, 1.82) is 0 Å². The molecule has 0 aromatic rings. The van der Waals surface area contributed by atoms with Crippen molar-refractivity contribution in [2.45, 2.75) is 279 Å². The molecule has 0 radical (unpaired) electrons. The molecule has 1 rings (SSSR count). The number of carbonyl (C=O) groups is 2. The number of carbonyl (C=O) groups excluding carboxylic acids is 2. The Bertz CT molecular complexity index is 985. The standard InChI is InChI=1S/C58H116N4O3/c1-6-11-16-20-24-28-33-44-59(49-38-55-65-58(64)40-32-15-10-5)48-37-39-56-41-51-62(52-42-56)57(63)43-50-61(47-36-31-27-23-19-14-9-4)54-53-60(45-34-29-25-21-17-12-7-2)46-35-30-26-22-18-13-8-3/h56H,6-55H2,1-5H3. The van der Waals surface area contributed by atoms with Crippen LogP contribution in [0.4, 0.5) is 0 Å². The van der Waals surface area contributed by atoms with Crippen LogP contribution >= 0.6 is 0 Å². The summed E-state index contributed by atoms with van der Waals surface area (Å²) < 4.78 is 5.59. The summed E-state index contributed by atoms with van der Waals surface area (Å²) >= 11 is 0. The lowest BCUT2D eigenvalue weighted by atomic mass is 9.92. The summed E-state index contributed by atoms with van der Waals surface area (Å²) in [7, 11) is 0. The average Bonchev–Trinajstić information content (AvgIpc) is 3.31. The highest BCUT2D eigenvalue weighted by Crippen LogP contribution is 2.23. The molecule has 7 heteroatoms. The lowest BCUT2D eigenvalue weighted by Crippen LogP contribution is -2.41. The van der Waals surface area contributed by atoms with Crippen molar-refractivity contribution < 1.29 is 14.3 Å². The van der Waals surface area contributed by atoms with Crippen molar-refractivity contribution in [3.05, 3.63) is 0 Å². The van der Waals surface area contributed by atoms with Crippen molar-refractivity contribution in [3.8, 4) is 0 Å². The van der Waals surface area contributed by atoms with Crippen LogP contribution in [0.2, 0.25) is 0 Å². The molecule has 1 aliphatic rings. The zero-order valence-corrected chi connectivity index (χ0v) is 44.9. The summed E-state index contributed by atoms with van der Waals surface area (Å²) in [5, 5.41) is 0. The number of hydrogen-bond acceptors (Lipinski definition) is 6. The van der Waals surface area contributed by atoms with Crippen LogP contribution in [0.25, 0.3) is 0 Å². The first kappa shape index (κ1) is 61.8. The largest absolute Gasteiger partial charge is 0.466 e. The number of likely N-dealkylation sites (tertiary alicyclic amines) is 1. The van der Waals surface area contributed by atoms with Crippen LogP contribution in [0, 0.1) is 5.92 Å². The van der Waals surface area contributed by atoms with Crippen molar-refractivity contribution in [3.63, 3.8) is 0 Å². The van der Waals surface area contributed by atoms with Gasteiger partial charge in [0.15, 0.2) is 0 Å². The summed E-state index contributed by atoms with van der Waals surface area (Å²) in [6.07, 6.45) is 48.2. The molecule has 0 spiro atoms. The van der Waals surface area contributed by atoms with E-state index in [9.17, 15) is 9.59 Å². The molecular weight excluding hydrogens is 801 g/mol. The fourth-order valence-corrected chi connectivity index (χ4v) is 10.0. The zero-order valence-electron chi connectivity index (χ0n) is 44.9. The second-order valence-corrected chi connectivity index (χ2v) is 20.8. The van der Waals surface area contributed by atoms with E-state index in [0.717, 1.165) is 103 Å². The molecule has 0 atom stereocenters. The fourth-order valence-electron chi connectivity index (χ4n) is 10.0. The second-order valence-electron chi connectivity index (χ2n) is 20.8. The minimum atomic E-state index is -0.0206. The van der Waals surface area contributed by atoms with Gasteiger partial charge >= 0.3 is 5.97 Å². The van der Waals surface area contributed by atoms with E-state index in [1.807, 2.05) is 0 Å². The summed E-state index contributed by atoms with van der Waals surface area (Å²) in [5.41, 5.74) is 0. The first-order valence-corrected chi connectivity index (χ1v) is 29.6. The van der Waals surface area contributed by atoms with E-state index in [1.165, 1.54) is 206 Å². The summed E-state index contributed by atoms with van der Waals surface area (Å²) in [4.78, 5) is 36.2. The van der Waals surface area contributed by atoms with E-state index in [1.54, 1.807) is 0 Å². The molecule has 65 heavy (non-hydrogen) atoms. The van der Waals surface area contributed by atoms with E-state index in [-0.39, 0.29) is 5.97 Å². The van der Waals surface area contributed by atoms with Crippen LogP contribution in [-0.4, -0.2) is 110 Å². The number of hydrogen-bond donors (Lipinski definition) is 0. The Hall–Kier alpha value is -1.18. The van der Waals surface area contributed by atoms with Crippen molar-refractivity contribution in [2.75, 3.05) is 78.6 Å². The molecule has 0 aliphatic carbocycles. The number of unbranched alkanes of at least 4 members (excludes halogenated alkanes) is 26. The molecule has 1 saturated heterocycles.